The Labute approximate surface area is 167 Å². The molecule has 0 radical (unpaired) electrons. The summed E-state index contributed by atoms with van der Waals surface area (Å²) in [6.45, 7) is 1.13. The highest BCUT2D eigenvalue weighted by atomic mass is 16.5. The molecule has 5 rings (SSSR count). The number of fused-ring (bicyclic) bond motifs is 1. The van der Waals surface area contributed by atoms with Crippen LogP contribution < -0.4 is 9.64 Å². The second-order valence-corrected chi connectivity index (χ2v) is 6.81. The summed E-state index contributed by atoms with van der Waals surface area (Å²) in [5, 5.41) is 0. The maximum absolute atomic E-state index is 12.5. The van der Waals surface area contributed by atoms with Crippen LogP contribution in [0.15, 0.2) is 79.4 Å². The van der Waals surface area contributed by atoms with E-state index >= 15 is 0 Å². The van der Waals surface area contributed by atoms with Crippen molar-refractivity contribution in [1.82, 2.24) is 9.38 Å². The minimum Gasteiger partial charge on any atom is -0.457 e. The minimum atomic E-state index is -0.0506. The molecule has 1 amide bonds. The Hall–Kier alpha value is -3.64. The van der Waals surface area contributed by atoms with E-state index in [1.807, 2.05) is 71.3 Å². The first kappa shape index (κ1) is 17.5. The van der Waals surface area contributed by atoms with Crippen molar-refractivity contribution < 1.29 is 14.3 Å². The number of aromatic nitrogens is 2. The van der Waals surface area contributed by atoms with Gasteiger partial charge in [0.05, 0.1) is 30.3 Å². The minimum absolute atomic E-state index is 0.0506. The predicted molar refractivity (Wildman–Crippen MR) is 110 cm³/mol. The number of para-hydroxylation sites is 2. The van der Waals surface area contributed by atoms with E-state index in [1.54, 1.807) is 17.4 Å². The Morgan fingerprint density at radius 3 is 2.72 bits per heavy atom. The quantitative estimate of drug-likeness (QED) is 0.529. The normalized spacial score (nSPS) is 14.3. The number of nitrogens with zero attached hydrogens (tertiary/aromatic N) is 3. The number of imidazole rings is 1. The summed E-state index contributed by atoms with van der Waals surface area (Å²) in [7, 11) is 0. The fourth-order valence-corrected chi connectivity index (χ4v) is 3.56. The number of carbonyl (C=O) groups excluding carboxylic acids is 1. The van der Waals surface area contributed by atoms with Gasteiger partial charge in [-0.3, -0.25) is 4.79 Å². The van der Waals surface area contributed by atoms with Crippen molar-refractivity contribution in [2.45, 2.75) is 0 Å². The first-order valence-electron chi connectivity index (χ1n) is 9.46. The standard InChI is InChI=1S/C23H19N3O3/c27-23-15-28-11-10-26(23)20-12-17(14-25-16-24-13-21(20)25)19-8-4-5-9-22(19)29-18-6-2-1-3-7-18/h1-9,12-14,16H,10-11,15H2. The molecule has 2 aromatic carbocycles. The molecule has 3 heterocycles. The molecule has 0 unspecified atom stereocenters. The van der Waals surface area contributed by atoms with Crippen molar-refractivity contribution in [2.75, 3.05) is 24.7 Å². The molecule has 0 bridgehead atoms. The van der Waals surface area contributed by atoms with Crippen LogP contribution in [0.25, 0.3) is 16.6 Å². The Morgan fingerprint density at radius 1 is 1.03 bits per heavy atom. The monoisotopic (exact) mass is 385 g/mol. The second-order valence-electron chi connectivity index (χ2n) is 6.81. The van der Waals surface area contributed by atoms with Crippen molar-refractivity contribution in [2.24, 2.45) is 0 Å². The van der Waals surface area contributed by atoms with Crippen LogP contribution in [0.4, 0.5) is 5.69 Å². The van der Waals surface area contributed by atoms with E-state index in [4.69, 9.17) is 9.47 Å². The third-order valence-corrected chi connectivity index (χ3v) is 4.94. The van der Waals surface area contributed by atoms with Gasteiger partial charge in [0.1, 0.15) is 18.1 Å². The molecular formula is C23H19N3O3. The van der Waals surface area contributed by atoms with Crippen LogP contribution in [0.3, 0.4) is 0 Å². The highest BCUT2D eigenvalue weighted by molar-refractivity contribution is 5.99. The van der Waals surface area contributed by atoms with E-state index in [9.17, 15) is 4.79 Å². The summed E-state index contributed by atoms with van der Waals surface area (Å²) in [6, 6.07) is 19.6. The first-order chi connectivity index (χ1) is 14.3. The molecular weight excluding hydrogens is 366 g/mol. The maximum Gasteiger partial charge on any atom is 0.253 e. The Kier molecular flexibility index (Phi) is 4.46. The van der Waals surface area contributed by atoms with E-state index in [-0.39, 0.29) is 12.5 Å². The van der Waals surface area contributed by atoms with Crippen molar-refractivity contribution in [3.63, 3.8) is 0 Å². The van der Waals surface area contributed by atoms with E-state index in [0.717, 1.165) is 33.8 Å². The average Bonchev–Trinajstić information content (AvgIpc) is 3.23. The molecule has 1 aliphatic heterocycles. The van der Waals surface area contributed by atoms with Gasteiger partial charge in [-0.2, -0.15) is 0 Å². The summed E-state index contributed by atoms with van der Waals surface area (Å²) in [6.07, 6.45) is 5.52. The third-order valence-electron chi connectivity index (χ3n) is 4.94. The molecule has 0 aliphatic carbocycles. The zero-order chi connectivity index (χ0) is 19.6. The topological polar surface area (TPSA) is 56.1 Å². The zero-order valence-electron chi connectivity index (χ0n) is 15.7. The molecule has 29 heavy (non-hydrogen) atoms. The second kappa shape index (κ2) is 7.41. The molecule has 6 nitrogen and oxygen atoms in total. The van der Waals surface area contributed by atoms with Crippen molar-refractivity contribution in [1.29, 1.82) is 0 Å². The van der Waals surface area contributed by atoms with Gasteiger partial charge in [-0.25, -0.2) is 4.98 Å². The molecule has 4 aromatic rings. The van der Waals surface area contributed by atoms with Crippen LogP contribution in [0.2, 0.25) is 0 Å². The molecule has 144 valence electrons. The molecule has 1 fully saturated rings. The average molecular weight is 385 g/mol. The van der Waals surface area contributed by atoms with Crippen molar-refractivity contribution >= 4 is 17.1 Å². The Bertz CT molecular complexity index is 1170. The van der Waals surface area contributed by atoms with Gasteiger partial charge in [0.2, 0.25) is 0 Å². The number of morpholine rings is 1. The highest BCUT2D eigenvalue weighted by Crippen LogP contribution is 2.36. The lowest BCUT2D eigenvalue weighted by atomic mass is 10.1. The lowest BCUT2D eigenvalue weighted by Crippen LogP contribution is -2.41. The number of pyridine rings is 1. The fraction of sp³-hybridized carbons (Fsp3) is 0.130. The van der Waals surface area contributed by atoms with Crippen LogP contribution >= 0.6 is 0 Å². The van der Waals surface area contributed by atoms with Crippen LogP contribution in [0, 0.1) is 0 Å². The van der Waals surface area contributed by atoms with Gasteiger partial charge in [0.15, 0.2) is 0 Å². The molecule has 0 spiro atoms. The molecule has 0 atom stereocenters. The van der Waals surface area contributed by atoms with Gasteiger partial charge in [-0.05, 0) is 24.3 Å². The van der Waals surface area contributed by atoms with Crippen molar-refractivity contribution in [3.8, 4) is 22.6 Å². The van der Waals surface area contributed by atoms with Gasteiger partial charge in [-0.1, -0.05) is 36.4 Å². The summed E-state index contributed by atoms with van der Waals surface area (Å²) >= 11 is 0. The third kappa shape index (κ3) is 3.34. The van der Waals surface area contributed by atoms with E-state index in [2.05, 4.69) is 4.98 Å². The molecule has 1 saturated heterocycles. The van der Waals surface area contributed by atoms with Crippen LogP contribution in [0.5, 0.6) is 11.5 Å². The summed E-state index contributed by atoms with van der Waals surface area (Å²) in [4.78, 5) is 18.5. The van der Waals surface area contributed by atoms with Gasteiger partial charge in [0, 0.05) is 23.9 Å². The molecule has 0 saturated carbocycles. The lowest BCUT2D eigenvalue weighted by molar-refractivity contribution is -0.125. The maximum atomic E-state index is 12.5. The molecule has 1 aliphatic rings. The van der Waals surface area contributed by atoms with E-state index in [1.165, 1.54) is 0 Å². The molecule has 2 aromatic heterocycles. The van der Waals surface area contributed by atoms with Crippen LogP contribution in [-0.2, 0) is 9.53 Å². The van der Waals surface area contributed by atoms with E-state index < -0.39 is 0 Å². The number of hydrogen-bond donors (Lipinski definition) is 0. The summed E-state index contributed by atoms with van der Waals surface area (Å²) in [5.74, 6) is 1.47. The van der Waals surface area contributed by atoms with Crippen molar-refractivity contribution in [3.05, 3.63) is 79.4 Å². The number of ether oxygens (including phenoxy) is 2. The van der Waals surface area contributed by atoms with Gasteiger partial charge < -0.3 is 18.8 Å². The Morgan fingerprint density at radius 2 is 1.86 bits per heavy atom. The number of carbonyl (C=O) groups is 1. The number of rotatable bonds is 4. The summed E-state index contributed by atoms with van der Waals surface area (Å²) in [5.41, 5.74) is 3.58. The van der Waals surface area contributed by atoms with Gasteiger partial charge in [0.25, 0.3) is 5.91 Å². The first-order valence-corrected chi connectivity index (χ1v) is 9.46. The van der Waals surface area contributed by atoms with Crippen LogP contribution in [0.1, 0.15) is 0 Å². The SMILES string of the molecule is O=C1COCCN1c1cc(-c2ccccc2Oc2ccccc2)cn2cncc12. The molecule has 6 heteroatoms. The van der Waals surface area contributed by atoms with Gasteiger partial charge >= 0.3 is 0 Å². The number of amides is 1. The molecule has 0 N–H and O–H groups in total. The largest absolute Gasteiger partial charge is 0.457 e. The highest BCUT2D eigenvalue weighted by Gasteiger charge is 2.23. The van der Waals surface area contributed by atoms with Crippen LogP contribution in [-0.4, -0.2) is 35.1 Å². The Balaban J connectivity index is 1.62. The lowest BCUT2D eigenvalue weighted by Gasteiger charge is -2.28. The van der Waals surface area contributed by atoms with E-state index in [0.29, 0.717) is 13.2 Å². The fourth-order valence-electron chi connectivity index (χ4n) is 3.56. The number of benzene rings is 2. The number of anilines is 1. The van der Waals surface area contributed by atoms with Gasteiger partial charge in [-0.15, -0.1) is 0 Å². The summed E-state index contributed by atoms with van der Waals surface area (Å²) < 4.78 is 13.4. The zero-order valence-corrected chi connectivity index (χ0v) is 15.7. The predicted octanol–water partition coefficient (Wildman–Crippen LogP) is 4.16. The smallest absolute Gasteiger partial charge is 0.253 e. The number of hydrogen-bond acceptors (Lipinski definition) is 4.